The summed E-state index contributed by atoms with van der Waals surface area (Å²) in [4.78, 5) is 85.8. The van der Waals surface area contributed by atoms with E-state index in [9.17, 15) is 54.3 Å². The van der Waals surface area contributed by atoms with Gasteiger partial charge in [-0.3, -0.25) is 28.9 Å². The zero-order valence-electron chi connectivity index (χ0n) is 48.0. The standard InChI is InChI=1S/C60H113N3O11S/c1-4-7-10-13-16-19-22-25-28-31-34-37-40-43-53(67)56(70)60(59(73)74,54(68)44-41-38-35-32-29-26-23-20-17-14-11-8-5-2)63(55(69)45-42-39-36-33-30-27-24-21-18-15-12-9-6-3)58(72)52(47-65)62-57(71)51(61)49-75-48-50(66)46-64/h50-52,56,64-66,70H,4-49,61H2,1-3H3,(H,62,71)(H,73,74). The van der Waals surface area contributed by atoms with Crippen molar-refractivity contribution in [3.8, 4) is 0 Å². The highest BCUT2D eigenvalue weighted by Crippen LogP contribution is 2.31. The molecule has 0 spiro atoms. The Balaban J connectivity index is 6.45. The number of unbranched alkanes of at least 4 members (excludes halogenated alkanes) is 36. The van der Waals surface area contributed by atoms with E-state index in [1.165, 1.54) is 122 Å². The van der Waals surface area contributed by atoms with Gasteiger partial charge in [0.15, 0.2) is 17.7 Å². The number of rotatable bonds is 56. The molecule has 0 aromatic heterocycles. The molecule has 0 fully saturated rings. The molecule has 5 unspecified atom stereocenters. The summed E-state index contributed by atoms with van der Waals surface area (Å²) in [5.74, 6) is -7.73. The number of nitrogens with two attached hydrogens (primary N) is 1. The monoisotopic (exact) mass is 1080 g/mol. The summed E-state index contributed by atoms with van der Waals surface area (Å²) in [5.41, 5.74) is 2.73. The third kappa shape index (κ3) is 34.2. The SMILES string of the molecule is CCCCCCCCCCCCCCCC(=O)C(O)C(C(=O)O)(C(=O)CCCCCCCCCCCCCCC)N(C(=O)CCCCCCCCCCCCCCC)C(=O)C(CO)NC(=O)C(N)CSCC(O)CO. The maximum atomic E-state index is 14.8. The van der Waals surface area contributed by atoms with Crippen molar-refractivity contribution in [2.24, 2.45) is 5.73 Å². The minimum atomic E-state index is -3.37. The van der Waals surface area contributed by atoms with Crippen molar-refractivity contribution in [1.29, 1.82) is 0 Å². The van der Waals surface area contributed by atoms with Crippen LogP contribution in [0.3, 0.4) is 0 Å². The van der Waals surface area contributed by atoms with Gasteiger partial charge in [-0.1, -0.05) is 252 Å². The molecule has 0 aromatic rings. The Bertz CT molecular complexity index is 1460. The summed E-state index contributed by atoms with van der Waals surface area (Å²) < 4.78 is 0. The molecule has 0 aliphatic rings. The van der Waals surface area contributed by atoms with Gasteiger partial charge in [0.1, 0.15) is 6.04 Å². The highest BCUT2D eigenvalue weighted by Gasteiger charge is 2.62. The molecule has 15 heteroatoms. The number of thioether (sulfide) groups is 1. The maximum absolute atomic E-state index is 14.8. The van der Waals surface area contributed by atoms with Crippen LogP contribution in [0.2, 0.25) is 0 Å². The Morgan fingerprint density at radius 1 is 0.480 bits per heavy atom. The van der Waals surface area contributed by atoms with Gasteiger partial charge >= 0.3 is 5.97 Å². The van der Waals surface area contributed by atoms with E-state index in [0.29, 0.717) is 25.7 Å². The van der Waals surface area contributed by atoms with Crippen LogP contribution in [0.5, 0.6) is 0 Å². The zero-order chi connectivity index (χ0) is 55.8. The van der Waals surface area contributed by atoms with Crippen LogP contribution < -0.4 is 11.1 Å². The van der Waals surface area contributed by atoms with E-state index in [0.717, 1.165) is 102 Å². The van der Waals surface area contributed by atoms with Gasteiger partial charge in [-0.2, -0.15) is 11.8 Å². The van der Waals surface area contributed by atoms with Crippen LogP contribution in [0.1, 0.15) is 290 Å². The smallest absolute Gasteiger partial charge is 0.341 e. The number of aliphatic carboxylic acids is 1. The van der Waals surface area contributed by atoms with Crippen LogP contribution in [0, 0.1) is 0 Å². The quantitative estimate of drug-likeness (QED) is 0.0222. The zero-order valence-corrected chi connectivity index (χ0v) is 48.8. The van der Waals surface area contributed by atoms with Gasteiger partial charge in [0.05, 0.1) is 25.4 Å². The Hall–Kier alpha value is -2.43. The average Bonchev–Trinajstić information content (AvgIpc) is 3.40. The van der Waals surface area contributed by atoms with Crippen molar-refractivity contribution in [3.05, 3.63) is 0 Å². The molecule has 0 aromatic carbocycles. The predicted octanol–water partition coefficient (Wildman–Crippen LogP) is 12.0. The molecule has 0 aliphatic carbocycles. The largest absolute Gasteiger partial charge is 0.479 e. The Morgan fingerprint density at radius 2 is 0.813 bits per heavy atom. The highest BCUT2D eigenvalue weighted by atomic mass is 32.2. The third-order valence-electron chi connectivity index (χ3n) is 14.8. The second kappa shape index (κ2) is 49.8. The normalized spacial score (nSPS) is 14.0. The highest BCUT2D eigenvalue weighted by molar-refractivity contribution is 7.99. The van der Waals surface area contributed by atoms with Crippen molar-refractivity contribution < 1.29 is 54.3 Å². The molecule has 0 heterocycles. The molecule has 8 N–H and O–H groups in total. The first-order valence-electron chi connectivity index (χ1n) is 30.7. The Morgan fingerprint density at radius 3 is 1.15 bits per heavy atom. The van der Waals surface area contributed by atoms with E-state index in [4.69, 9.17) is 5.73 Å². The second-order valence-electron chi connectivity index (χ2n) is 21.6. The van der Waals surface area contributed by atoms with Crippen molar-refractivity contribution in [3.63, 3.8) is 0 Å². The number of carbonyl (C=O) groups excluding carboxylic acids is 5. The van der Waals surface area contributed by atoms with Gasteiger partial charge in [0.25, 0.3) is 5.91 Å². The summed E-state index contributed by atoms with van der Waals surface area (Å²) in [6, 6.07) is -3.27. The lowest BCUT2D eigenvalue weighted by atomic mass is 9.79. The van der Waals surface area contributed by atoms with Crippen molar-refractivity contribution in [2.45, 2.75) is 320 Å². The summed E-state index contributed by atoms with van der Waals surface area (Å²) in [6.07, 6.45) is 35.2. The van der Waals surface area contributed by atoms with E-state index in [1.807, 2.05) is 0 Å². The maximum Gasteiger partial charge on any atom is 0.341 e. The lowest BCUT2D eigenvalue weighted by molar-refractivity contribution is -0.182. The molecule has 3 amide bonds. The lowest BCUT2D eigenvalue weighted by Crippen LogP contribution is -2.73. The molecule has 5 atom stereocenters. The van der Waals surface area contributed by atoms with E-state index in [-0.39, 0.29) is 42.1 Å². The van der Waals surface area contributed by atoms with Gasteiger partial charge in [-0.25, -0.2) is 4.79 Å². The van der Waals surface area contributed by atoms with E-state index in [2.05, 4.69) is 26.1 Å². The number of nitrogens with one attached hydrogen (secondary N) is 1. The van der Waals surface area contributed by atoms with Gasteiger partial charge in [-0.05, 0) is 19.3 Å². The lowest BCUT2D eigenvalue weighted by Gasteiger charge is -2.41. The summed E-state index contributed by atoms with van der Waals surface area (Å²) >= 11 is 1.05. The van der Waals surface area contributed by atoms with E-state index in [1.54, 1.807) is 0 Å². The number of carboxylic acids is 1. The number of Topliss-reactive ketones (excluding diaryl/α,β-unsaturated/α-hetero) is 2. The van der Waals surface area contributed by atoms with Crippen LogP contribution >= 0.6 is 11.8 Å². The number of aliphatic hydroxyl groups is 4. The fourth-order valence-electron chi connectivity index (χ4n) is 9.89. The molecular formula is C60H113N3O11S. The molecule has 440 valence electrons. The number of aliphatic hydroxyl groups excluding tert-OH is 4. The summed E-state index contributed by atoms with van der Waals surface area (Å²) in [7, 11) is 0. The molecule has 14 nitrogen and oxygen atoms in total. The van der Waals surface area contributed by atoms with Gasteiger partial charge in [-0.15, -0.1) is 0 Å². The topological polar surface area (TPSA) is 245 Å². The fraction of sp³-hybridized carbons (Fsp3) is 0.900. The molecule has 75 heavy (non-hydrogen) atoms. The molecule has 0 aliphatic heterocycles. The Kier molecular flexibility index (Phi) is 48.2. The summed E-state index contributed by atoms with van der Waals surface area (Å²) in [5, 5.41) is 55.2. The van der Waals surface area contributed by atoms with Crippen molar-refractivity contribution >= 4 is 47.0 Å². The molecule has 0 radical (unpaired) electrons. The first kappa shape index (κ1) is 72.6. The van der Waals surface area contributed by atoms with Crippen molar-refractivity contribution in [1.82, 2.24) is 10.2 Å². The van der Waals surface area contributed by atoms with Crippen molar-refractivity contribution in [2.75, 3.05) is 24.7 Å². The number of imide groups is 1. The molecule has 0 rings (SSSR count). The number of carboxylic acid groups (broad SMARTS) is 1. The summed E-state index contributed by atoms with van der Waals surface area (Å²) in [6.45, 7) is 5.00. The van der Waals surface area contributed by atoms with Gasteiger partial charge in [0.2, 0.25) is 17.4 Å². The first-order valence-corrected chi connectivity index (χ1v) is 31.8. The van der Waals surface area contributed by atoms with Crippen LogP contribution in [-0.4, -0.2) is 120 Å². The minimum absolute atomic E-state index is 0.0506. The van der Waals surface area contributed by atoms with Crippen LogP contribution in [0.25, 0.3) is 0 Å². The third-order valence-corrected chi connectivity index (χ3v) is 16.0. The number of hydrogen-bond donors (Lipinski definition) is 7. The predicted molar refractivity (Wildman–Crippen MR) is 307 cm³/mol. The fourth-order valence-corrected chi connectivity index (χ4v) is 10.8. The molecule has 0 saturated carbocycles. The number of hydrogen-bond acceptors (Lipinski definition) is 12. The number of carbonyl (C=O) groups is 6. The van der Waals surface area contributed by atoms with Crippen LogP contribution in [0.4, 0.5) is 0 Å². The van der Waals surface area contributed by atoms with E-state index < -0.39 is 84.7 Å². The molecule has 0 bridgehead atoms. The first-order chi connectivity index (χ1) is 36.3. The van der Waals surface area contributed by atoms with Crippen LogP contribution in [0.15, 0.2) is 0 Å². The second-order valence-corrected chi connectivity index (χ2v) is 22.7. The number of amides is 3. The van der Waals surface area contributed by atoms with Crippen LogP contribution in [-0.2, 0) is 28.8 Å². The minimum Gasteiger partial charge on any atom is -0.479 e. The molecule has 0 saturated heterocycles. The van der Waals surface area contributed by atoms with Gasteiger partial charge < -0.3 is 36.6 Å². The Labute approximate surface area is 460 Å². The van der Waals surface area contributed by atoms with Gasteiger partial charge in [0, 0.05) is 30.8 Å². The number of ketones is 2. The molecular weight excluding hydrogens is 971 g/mol. The average molecular weight is 1080 g/mol. The van der Waals surface area contributed by atoms with E-state index >= 15 is 0 Å². The number of nitrogens with zero attached hydrogens (tertiary/aromatic N) is 1.